The summed E-state index contributed by atoms with van der Waals surface area (Å²) in [6.45, 7) is 8.54. The number of ether oxygens (including phenoxy) is 4. The van der Waals surface area contributed by atoms with Crippen LogP contribution in [0.15, 0.2) is 0 Å². The Morgan fingerprint density at radius 3 is 2.56 bits per heavy atom. The van der Waals surface area contributed by atoms with E-state index in [9.17, 15) is 9.59 Å². The third-order valence-electron chi connectivity index (χ3n) is 6.72. The van der Waals surface area contributed by atoms with Crippen molar-refractivity contribution in [3.8, 4) is 0 Å². The largest absolute Gasteiger partial charge is 0.465 e. The molecular formula is C24H37NO6S. The Morgan fingerprint density at radius 2 is 1.94 bits per heavy atom. The maximum Gasteiger partial charge on any atom is 0.407 e. The van der Waals surface area contributed by atoms with E-state index in [1.165, 1.54) is 12.0 Å². The molecule has 32 heavy (non-hydrogen) atoms. The molecule has 1 saturated carbocycles. The standard InChI is InChI=1S/C24H37NO6S/c1-5-6-13-29-23(27)25-12-9-19-20(22(26)28-4)17(3)21(32-19)16(2)18-7-10-24(11-8-18)30-14-15-31-24/h16,18H,5-15H2,1-4H3,(H,25,27). The highest BCUT2D eigenvalue weighted by atomic mass is 32.1. The van der Waals surface area contributed by atoms with Crippen molar-refractivity contribution in [2.75, 3.05) is 33.5 Å². The molecule has 1 aliphatic carbocycles. The average Bonchev–Trinajstić information content (AvgIpc) is 3.38. The molecule has 3 rings (SSSR count). The van der Waals surface area contributed by atoms with Gasteiger partial charge in [-0.25, -0.2) is 9.59 Å². The number of hydrogen-bond acceptors (Lipinski definition) is 7. The zero-order valence-corrected chi connectivity index (χ0v) is 20.6. The van der Waals surface area contributed by atoms with Gasteiger partial charge in [0.05, 0.1) is 32.5 Å². The number of amides is 1. The van der Waals surface area contributed by atoms with Crippen LogP contribution in [0.3, 0.4) is 0 Å². The first kappa shape index (κ1) is 25.0. The molecule has 1 N–H and O–H groups in total. The van der Waals surface area contributed by atoms with Gasteiger partial charge in [-0.15, -0.1) is 11.3 Å². The SMILES string of the molecule is CCCCOC(=O)NCCc1sc(C(C)C2CCC3(CC2)OCCO3)c(C)c1C(=O)OC. The number of esters is 1. The summed E-state index contributed by atoms with van der Waals surface area (Å²) in [7, 11) is 1.41. The van der Waals surface area contributed by atoms with Crippen molar-refractivity contribution < 1.29 is 28.5 Å². The van der Waals surface area contributed by atoms with Gasteiger partial charge in [0.15, 0.2) is 5.79 Å². The van der Waals surface area contributed by atoms with Crippen LogP contribution in [0.25, 0.3) is 0 Å². The molecule has 2 fully saturated rings. The number of carbonyl (C=O) groups is 2. The number of alkyl carbamates (subject to hydrolysis) is 1. The predicted octanol–water partition coefficient (Wildman–Crippen LogP) is 4.95. The van der Waals surface area contributed by atoms with Crippen molar-refractivity contribution >= 4 is 23.4 Å². The Bertz CT molecular complexity index is 776. The molecule has 7 nitrogen and oxygen atoms in total. The maximum absolute atomic E-state index is 12.5. The molecule has 1 aromatic rings. The molecular weight excluding hydrogens is 430 g/mol. The number of thiophene rings is 1. The smallest absolute Gasteiger partial charge is 0.407 e. The zero-order chi connectivity index (χ0) is 23.1. The fraction of sp³-hybridized carbons (Fsp3) is 0.750. The zero-order valence-electron chi connectivity index (χ0n) is 19.8. The Hall–Kier alpha value is -1.64. The van der Waals surface area contributed by atoms with Crippen molar-refractivity contribution in [3.63, 3.8) is 0 Å². The fourth-order valence-corrected chi connectivity index (χ4v) is 6.23. The molecule has 1 atom stereocenters. The quantitative estimate of drug-likeness (QED) is 0.409. The first-order valence-electron chi connectivity index (χ1n) is 11.8. The van der Waals surface area contributed by atoms with Gasteiger partial charge in [-0.3, -0.25) is 0 Å². The van der Waals surface area contributed by atoms with Crippen LogP contribution in [0.5, 0.6) is 0 Å². The highest BCUT2D eigenvalue weighted by molar-refractivity contribution is 7.12. The van der Waals surface area contributed by atoms with Gasteiger partial charge in [-0.05, 0) is 43.6 Å². The summed E-state index contributed by atoms with van der Waals surface area (Å²) < 4.78 is 22.0. The Morgan fingerprint density at radius 1 is 1.25 bits per heavy atom. The van der Waals surface area contributed by atoms with Gasteiger partial charge < -0.3 is 24.3 Å². The van der Waals surface area contributed by atoms with Crippen LogP contribution >= 0.6 is 11.3 Å². The minimum absolute atomic E-state index is 0.312. The molecule has 2 heterocycles. The van der Waals surface area contributed by atoms with E-state index < -0.39 is 6.09 Å². The van der Waals surface area contributed by atoms with E-state index in [0.29, 0.717) is 50.2 Å². The first-order chi connectivity index (χ1) is 15.4. The van der Waals surface area contributed by atoms with E-state index in [1.54, 1.807) is 11.3 Å². The lowest BCUT2D eigenvalue weighted by Crippen LogP contribution is -2.36. The normalized spacial score (nSPS) is 19.1. The van der Waals surface area contributed by atoms with Gasteiger partial charge in [-0.1, -0.05) is 20.3 Å². The lowest BCUT2D eigenvalue weighted by Gasteiger charge is -2.37. The Labute approximate surface area is 195 Å². The molecule has 0 bridgehead atoms. The number of nitrogens with one attached hydrogen (secondary N) is 1. The van der Waals surface area contributed by atoms with E-state index in [4.69, 9.17) is 18.9 Å². The van der Waals surface area contributed by atoms with Crippen LogP contribution in [0.4, 0.5) is 4.79 Å². The van der Waals surface area contributed by atoms with E-state index >= 15 is 0 Å². The van der Waals surface area contributed by atoms with Crippen LogP contribution in [0.2, 0.25) is 0 Å². The molecule has 8 heteroatoms. The molecule has 1 amide bonds. The number of unbranched alkanes of at least 4 members (excludes halogenated alkanes) is 1. The molecule has 0 aromatic carbocycles. The van der Waals surface area contributed by atoms with Crippen molar-refractivity contribution in [2.45, 2.75) is 77.4 Å². The number of methoxy groups -OCH3 is 1. The monoisotopic (exact) mass is 467 g/mol. The number of hydrogen-bond donors (Lipinski definition) is 1. The molecule has 180 valence electrons. The van der Waals surface area contributed by atoms with Crippen LogP contribution < -0.4 is 5.32 Å². The van der Waals surface area contributed by atoms with Crippen LogP contribution in [0, 0.1) is 12.8 Å². The number of rotatable bonds is 9. The van der Waals surface area contributed by atoms with Crippen molar-refractivity contribution in [3.05, 3.63) is 20.9 Å². The lowest BCUT2D eigenvalue weighted by molar-refractivity contribution is -0.183. The highest BCUT2D eigenvalue weighted by Crippen LogP contribution is 2.46. The van der Waals surface area contributed by atoms with Gasteiger partial charge in [0.2, 0.25) is 0 Å². The fourth-order valence-electron chi connectivity index (χ4n) is 4.79. The lowest BCUT2D eigenvalue weighted by atomic mass is 9.77. The summed E-state index contributed by atoms with van der Waals surface area (Å²) in [6, 6.07) is 0. The summed E-state index contributed by atoms with van der Waals surface area (Å²) >= 11 is 1.67. The summed E-state index contributed by atoms with van der Waals surface area (Å²) in [5.74, 6) is 0.187. The van der Waals surface area contributed by atoms with Crippen molar-refractivity contribution in [1.29, 1.82) is 0 Å². The molecule has 1 spiro atoms. The van der Waals surface area contributed by atoms with Crippen LogP contribution in [-0.4, -0.2) is 51.3 Å². The molecule has 2 aliphatic rings. The third kappa shape index (κ3) is 5.83. The second-order valence-corrected chi connectivity index (χ2v) is 9.92. The van der Waals surface area contributed by atoms with Gasteiger partial charge in [0, 0.05) is 35.6 Å². The molecule has 1 unspecified atom stereocenters. The van der Waals surface area contributed by atoms with E-state index in [1.807, 2.05) is 6.92 Å². The Balaban J connectivity index is 1.65. The van der Waals surface area contributed by atoms with E-state index in [0.717, 1.165) is 49.0 Å². The molecule has 1 aliphatic heterocycles. The van der Waals surface area contributed by atoms with Gasteiger partial charge in [0.1, 0.15) is 0 Å². The molecule has 1 aromatic heterocycles. The first-order valence-corrected chi connectivity index (χ1v) is 12.6. The summed E-state index contributed by atoms with van der Waals surface area (Å²) in [4.78, 5) is 26.6. The maximum atomic E-state index is 12.5. The van der Waals surface area contributed by atoms with Gasteiger partial charge >= 0.3 is 12.1 Å². The number of carbonyl (C=O) groups excluding carboxylic acids is 2. The summed E-state index contributed by atoms with van der Waals surface area (Å²) in [5, 5.41) is 2.79. The summed E-state index contributed by atoms with van der Waals surface area (Å²) in [6.07, 6.45) is 5.94. The van der Waals surface area contributed by atoms with E-state index in [-0.39, 0.29) is 11.8 Å². The average molecular weight is 468 g/mol. The van der Waals surface area contributed by atoms with Gasteiger partial charge in [-0.2, -0.15) is 0 Å². The molecule has 1 saturated heterocycles. The second-order valence-electron chi connectivity index (χ2n) is 8.78. The Kier molecular flexibility index (Phi) is 8.96. The summed E-state index contributed by atoms with van der Waals surface area (Å²) in [5.41, 5.74) is 1.65. The minimum Gasteiger partial charge on any atom is -0.465 e. The minimum atomic E-state index is -0.410. The third-order valence-corrected chi connectivity index (χ3v) is 8.28. The van der Waals surface area contributed by atoms with Gasteiger partial charge in [0.25, 0.3) is 0 Å². The highest BCUT2D eigenvalue weighted by Gasteiger charge is 2.42. The molecule has 0 radical (unpaired) electrons. The topological polar surface area (TPSA) is 83.1 Å². The van der Waals surface area contributed by atoms with Crippen molar-refractivity contribution in [2.24, 2.45) is 5.92 Å². The second kappa shape index (κ2) is 11.5. The van der Waals surface area contributed by atoms with Crippen molar-refractivity contribution in [1.82, 2.24) is 5.32 Å². The van der Waals surface area contributed by atoms with E-state index in [2.05, 4.69) is 19.2 Å². The van der Waals surface area contributed by atoms with Crippen LogP contribution in [-0.2, 0) is 25.4 Å². The van der Waals surface area contributed by atoms with Crippen LogP contribution in [0.1, 0.15) is 84.0 Å². The predicted molar refractivity (Wildman–Crippen MR) is 123 cm³/mol.